The Morgan fingerprint density at radius 2 is 1.77 bits per heavy atom. The minimum absolute atomic E-state index is 0.174. The third-order valence-electron chi connectivity index (χ3n) is 5.31. The zero-order valence-electron chi connectivity index (χ0n) is 14.9. The lowest BCUT2D eigenvalue weighted by Gasteiger charge is -2.41. The maximum Gasteiger partial charge on any atom is 0.329 e. The normalized spacial score (nSPS) is 19.7. The zero-order valence-corrected chi connectivity index (χ0v) is 14.9. The molecule has 2 amide bonds. The second-order valence-electron chi connectivity index (χ2n) is 6.85. The van der Waals surface area contributed by atoms with Gasteiger partial charge < -0.3 is 10.0 Å². The Hall–Kier alpha value is -2.70. The number of carboxylic acids is 1. The minimum atomic E-state index is -1.18. The van der Waals surface area contributed by atoms with Crippen molar-refractivity contribution in [2.75, 3.05) is 12.1 Å². The van der Waals surface area contributed by atoms with Crippen molar-refractivity contribution in [2.24, 2.45) is 5.10 Å². The summed E-state index contributed by atoms with van der Waals surface area (Å²) in [6, 6.07) is 8.92. The number of aliphatic carboxylic acids is 1. The van der Waals surface area contributed by atoms with E-state index in [1.807, 2.05) is 6.07 Å². The number of nitrogens with zero attached hydrogens (tertiary/aromatic N) is 3. The molecular formula is C19H23N3O4. The van der Waals surface area contributed by atoms with Crippen LogP contribution in [-0.2, 0) is 14.4 Å². The van der Waals surface area contributed by atoms with E-state index < -0.39 is 17.4 Å². The number of likely N-dealkylation sites (N-methyl/N-ethyl adjacent to an activating group) is 1. The van der Waals surface area contributed by atoms with Gasteiger partial charge in [-0.15, -0.1) is 0 Å². The summed E-state index contributed by atoms with van der Waals surface area (Å²) in [6.45, 7) is 0. The first kappa shape index (κ1) is 18.1. The van der Waals surface area contributed by atoms with Crippen molar-refractivity contribution in [3.8, 4) is 0 Å². The lowest BCUT2D eigenvalue weighted by atomic mass is 9.80. The minimum Gasteiger partial charge on any atom is -0.479 e. The van der Waals surface area contributed by atoms with E-state index in [1.54, 1.807) is 24.3 Å². The molecule has 3 rings (SSSR count). The van der Waals surface area contributed by atoms with Crippen LogP contribution >= 0.6 is 0 Å². The first-order valence-corrected chi connectivity index (χ1v) is 8.93. The molecule has 0 unspecified atom stereocenters. The van der Waals surface area contributed by atoms with E-state index in [9.17, 15) is 19.5 Å². The van der Waals surface area contributed by atoms with Gasteiger partial charge in [0, 0.05) is 19.9 Å². The fraction of sp³-hybridized carbons (Fsp3) is 0.474. The van der Waals surface area contributed by atoms with Crippen LogP contribution in [0.5, 0.6) is 0 Å². The SMILES string of the molecule is CN(C(=O)C1=NN(c2ccccc2)C(=O)CC1)C1(C(=O)O)CCCCC1. The highest BCUT2D eigenvalue weighted by atomic mass is 16.4. The molecular weight excluding hydrogens is 334 g/mol. The molecule has 0 bridgehead atoms. The highest BCUT2D eigenvalue weighted by Gasteiger charge is 2.46. The molecule has 0 saturated heterocycles. The smallest absolute Gasteiger partial charge is 0.329 e. The number of hydrogen-bond acceptors (Lipinski definition) is 4. The first-order chi connectivity index (χ1) is 12.5. The van der Waals surface area contributed by atoms with Gasteiger partial charge in [-0.25, -0.2) is 9.80 Å². The van der Waals surface area contributed by atoms with Crippen molar-refractivity contribution in [3.63, 3.8) is 0 Å². The quantitative estimate of drug-likeness (QED) is 0.896. The molecule has 1 aromatic rings. The van der Waals surface area contributed by atoms with Crippen LogP contribution in [0, 0.1) is 0 Å². The van der Waals surface area contributed by atoms with E-state index in [2.05, 4.69) is 5.10 Å². The second-order valence-corrected chi connectivity index (χ2v) is 6.85. The van der Waals surface area contributed by atoms with E-state index in [1.165, 1.54) is 17.0 Å². The van der Waals surface area contributed by atoms with Crippen molar-refractivity contribution in [2.45, 2.75) is 50.5 Å². The van der Waals surface area contributed by atoms with E-state index in [-0.39, 0.29) is 24.5 Å². The summed E-state index contributed by atoms with van der Waals surface area (Å²) < 4.78 is 0. The summed E-state index contributed by atoms with van der Waals surface area (Å²) >= 11 is 0. The summed E-state index contributed by atoms with van der Waals surface area (Å²) in [7, 11) is 1.54. The molecule has 0 radical (unpaired) electrons. The average Bonchev–Trinajstić information content (AvgIpc) is 2.68. The van der Waals surface area contributed by atoms with E-state index in [0.29, 0.717) is 18.5 Å². The van der Waals surface area contributed by atoms with Crippen molar-refractivity contribution in [1.82, 2.24) is 4.90 Å². The Morgan fingerprint density at radius 3 is 2.38 bits per heavy atom. The lowest BCUT2D eigenvalue weighted by molar-refractivity contribution is -0.158. The molecule has 0 atom stereocenters. The maximum atomic E-state index is 13.0. The molecule has 7 heteroatoms. The second kappa shape index (κ2) is 7.27. The number of carboxylic acid groups (broad SMARTS) is 1. The fourth-order valence-electron chi connectivity index (χ4n) is 3.70. The van der Waals surface area contributed by atoms with Gasteiger partial charge in [-0.1, -0.05) is 37.5 Å². The van der Waals surface area contributed by atoms with Crippen LogP contribution in [0.4, 0.5) is 5.69 Å². The van der Waals surface area contributed by atoms with Crippen LogP contribution in [0.25, 0.3) is 0 Å². The summed E-state index contributed by atoms with van der Waals surface area (Å²) in [4.78, 5) is 38.5. The molecule has 0 aromatic heterocycles. The molecule has 1 aromatic carbocycles. The number of hydrogen-bond donors (Lipinski definition) is 1. The van der Waals surface area contributed by atoms with Gasteiger partial charge in [-0.2, -0.15) is 5.10 Å². The third-order valence-corrected chi connectivity index (χ3v) is 5.31. The Balaban J connectivity index is 1.88. The predicted octanol–water partition coefficient (Wildman–Crippen LogP) is 2.42. The lowest BCUT2D eigenvalue weighted by Crippen LogP contribution is -2.58. The Labute approximate surface area is 152 Å². The fourth-order valence-corrected chi connectivity index (χ4v) is 3.70. The predicted molar refractivity (Wildman–Crippen MR) is 96.8 cm³/mol. The summed E-state index contributed by atoms with van der Waals surface area (Å²) in [6.07, 6.45) is 3.83. The van der Waals surface area contributed by atoms with Gasteiger partial charge in [0.15, 0.2) is 0 Å². The number of hydrazone groups is 1. The van der Waals surface area contributed by atoms with E-state index in [0.717, 1.165) is 19.3 Å². The standard InChI is InChI=1S/C19H23N3O4/c1-21(19(18(25)26)12-6-3-7-13-19)17(24)15-10-11-16(23)22(20-15)14-8-4-2-5-9-14/h2,4-5,8-9H,3,6-7,10-13H2,1H3,(H,25,26). The Kier molecular flexibility index (Phi) is 5.06. The zero-order chi connectivity index (χ0) is 18.7. The molecule has 1 heterocycles. The topological polar surface area (TPSA) is 90.3 Å². The van der Waals surface area contributed by atoms with Crippen LogP contribution < -0.4 is 5.01 Å². The van der Waals surface area contributed by atoms with E-state index >= 15 is 0 Å². The monoisotopic (exact) mass is 357 g/mol. The highest BCUT2D eigenvalue weighted by Crippen LogP contribution is 2.34. The third kappa shape index (κ3) is 3.21. The summed E-state index contributed by atoms with van der Waals surface area (Å²) in [5, 5.41) is 15.3. The van der Waals surface area contributed by atoms with E-state index in [4.69, 9.17) is 0 Å². The van der Waals surface area contributed by atoms with Crippen molar-refractivity contribution in [3.05, 3.63) is 30.3 Å². The number of amides is 2. The van der Waals surface area contributed by atoms with Crippen molar-refractivity contribution >= 4 is 29.2 Å². The molecule has 1 fully saturated rings. The van der Waals surface area contributed by atoms with Crippen LogP contribution in [-0.4, -0.2) is 46.1 Å². The van der Waals surface area contributed by atoms with Gasteiger partial charge in [0.2, 0.25) is 5.91 Å². The number of anilines is 1. The maximum absolute atomic E-state index is 13.0. The number of carbonyl (C=O) groups is 3. The molecule has 2 aliphatic rings. The molecule has 1 saturated carbocycles. The van der Waals surface area contributed by atoms with Gasteiger partial charge in [0.05, 0.1) is 5.69 Å². The molecule has 7 nitrogen and oxygen atoms in total. The van der Waals surface area contributed by atoms with Gasteiger partial charge >= 0.3 is 5.97 Å². The number of carbonyl (C=O) groups excluding carboxylic acids is 2. The number of rotatable bonds is 4. The largest absolute Gasteiger partial charge is 0.479 e. The molecule has 138 valence electrons. The number of benzene rings is 1. The average molecular weight is 357 g/mol. The van der Waals surface area contributed by atoms with Gasteiger partial charge in [-0.3, -0.25) is 9.59 Å². The highest BCUT2D eigenvalue weighted by molar-refractivity contribution is 6.40. The molecule has 26 heavy (non-hydrogen) atoms. The van der Waals surface area contributed by atoms with Crippen LogP contribution in [0.1, 0.15) is 44.9 Å². The Bertz CT molecular complexity index is 738. The summed E-state index contributed by atoms with van der Waals surface area (Å²) in [5.41, 5.74) is -0.366. The molecule has 1 aliphatic carbocycles. The first-order valence-electron chi connectivity index (χ1n) is 8.93. The molecule has 1 aliphatic heterocycles. The molecule has 0 spiro atoms. The summed E-state index contributed by atoms with van der Waals surface area (Å²) in [5.74, 6) is -1.57. The van der Waals surface area contributed by atoms with Gasteiger partial charge in [0.25, 0.3) is 5.91 Å². The molecule has 1 N–H and O–H groups in total. The van der Waals surface area contributed by atoms with Crippen molar-refractivity contribution < 1.29 is 19.5 Å². The Morgan fingerprint density at radius 1 is 1.12 bits per heavy atom. The van der Waals surface area contributed by atoms with Crippen LogP contribution in [0.15, 0.2) is 35.4 Å². The van der Waals surface area contributed by atoms with Crippen LogP contribution in [0.2, 0.25) is 0 Å². The van der Waals surface area contributed by atoms with Gasteiger partial charge in [0.1, 0.15) is 11.3 Å². The number of para-hydroxylation sites is 1. The van der Waals surface area contributed by atoms with Crippen molar-refractivity contribution in [1.29, 1.82) is 0 Å². The van der Waals surface area contributed by atoms with Crippen LogP contribution in [0.3, 0.4) is 0 Å². The van der Waals surface area contributed by atoms with Gasteiger partial charge in [-0.05, 0) is 25.0 Å².